The summed E-state index contributed by atoms with van der Waals surface area (Å²) in [5, 5.41) is 5.38. The summed E-state index contributed by atoms with van der Waals surface area (Å²) in [6, 6.07) is -0.804. The molecule has 0 aromatic heterocycles. The van der Waals surface area contributed by atoms with Crippen molar-refractivity contribution >= 4 is 23.8 Å². The molecule has 0 aliphatic heterocycles. The van der Waals surface area contributed by atoms with E-state index < -0.39 is 12.0 Å². The minimum Gasteiger partial charge on any atom is -0.467 e. The van der Waals surface area contributed by atoms with E-state index in [2.05, 4.69) is 15.4 Å². The Bertz CT molecular complexity index is 249. The number of ether oxygens (including phenoxy) is 1. The lowest BCUT2D eigenvalue weighted by atomic mass is 10.2. The molecule has 2 N–H and O–H groups in total. The second kappa shape index (κ2) is 9.15. The molecule has 0 radical (unpaired) electrons. The largest absolute Gasteiger partial charge is 0.467 e. The molecule has 0 aromatic rings. The number of carbonyl (C=O) groups excluding carboxylic acids is 2. The Morgan fingerprint density at radius 1 is 1.35 bits per heavy atom. The van der Waals surface area contributed by atoms with Crippen molar-refractivity contribution in [2.75, 3.05) is 19.1 Å². The van der Waals surface area contributed by atoms with Gasteiger partial charge in [0.1, 0.15) is 6.04 Å². The summed E-state index contributed by atoms with van der Waals surface area (Å²) >= 11 is 1.62. The average molecular weight is 262 g/mol. The van der Waals surface area contributed by atoms with Crippen LogP contribution in [0.4, 0.5) is 4.79 Å². The third-order valence-corrected chi connectivity index (χ3v) is 3.04. The third-order valence-electron chi connectivity index (χ3n) is 2.39. The number of rotatable bonds is 7. The van der Waals surface area contributed by atoms with Crippen LogP contribution in [-0.2, 0) is 9.53 Å². The molecule has 2 atom stereocenters. The van der Waals surface area contributed by atoms with E-state index in [0.29, 0.717) is 6.42 Å². The van der Waals surface area contributed by atoms with Crippen LogP contribution in [0.3, 0.4) is 0 Å². The highest BCUT2D eigenvalue weighted by atomic mass is 32.2. The first-order valence-electron chi connectivity index (χ1n) is 5.68. The van der Waals surface area contributed by atoms with Crippen LogP contribution in [0.2, 0.25) is 0 Å². The van der Waals surface area contributed by atoms with E-state index in [9.17, 15) is 9.59 Å². The Morgan fingerprint density at radius 2 is 2.00 bits per heavy atom. The van der Waals surface area contributed by atoms with Crippen LogP contribution in [0.15, 0.2) is 0 Å². The number of methoxy groups -OCH3 is 1. The summed E-state index contributed by atoms with van der Waals surface area (Å²) in [5.74, 6) is 0.391. The van der Waals surface area contributed by atoms with Crippen LogP contribution in [0.1, 0.15) is 26.7 Å². The van der Waals surface area contributed by atoms with Gasteiger partial charge in [0, 0.05) is 6.04 Å². The fourth-order valence-electron chi connectivity index (χ4n) is 1.15. The average Bonchev–Trinajstić information content (AvgIpc) is 2.33. The zero-order valence-corrected chi connectivity index (χ0v) is 11.7. The Labute approximate surface area is 107 Å². The second-order valence-corrected chi connectivity index (χ2v) is 4.77. The van der Waals surface area contributed by atoms with Gasteiger partial charge in [-0.05, 0) is 31.8 Å². The summed E-state index contributed by atoms with van der Waals surface area (Å²) < 4.78 is 4.65. The van der Waals surface area contributed by atoms with Crippen molar-refractivity contribution in [2.45, 2.75) is 38.8 Å². The molecule has 5 nitrogen and oxygen atoms in total. The molecule has 0 unspecified atom stereocenters. The fourth-order valence-corrected chi connectivity index (χ4v) is 1.62. The molecule has 0 bridgehead atoms. The molecule has 0 saturated carbocycles. The number of thioether (sulfide) groups is 1. The van der Waals surface area contributed by atoms with E-state index in [1.165, 1.54) is 7.11 Å². The molecule has 0 rings (SSSR count). The van der Waals surface area contributed by atoms with E-state index in [1.807, 2.05) is 20.1 Å². The maximum absolute atomic E-state index is 11.6. The summed E-state index contributed by atoms with van der Waals surface area (Å²) in [7, 11) is 1.32. The topological polar surface area (TPSA) is 67.4 Å². The van der Waals surface area contributed by atoms with Crippen LogP contribution in [0, 0.1) is 0 Å². The highest BCUT2D eigenvalue weighted by molar-refractivity contribution is 7.98. The number of esters is 1. The second-order valence-electron chi connectivity index (χ2n) is 3.78. The molecule has 2 amide bonds. The Balaban J connectivity index is 4.22. The van der Waals surface area contributed by atoms with Crippen molar-refractivity contribution in [3.8, 4) is 0 Å². The number of urea groups is 1. The Hall–Kier alpha value is -0.910. The van der Waals surface area contributed by atoms with Gasteiger partial charge in [-0.1, -0.05) is 6.92 Å². The predicted octanol–water partition coefficient (Wildman–Crippen LogP) is 1.38. The van der Waals surface area contributed by atoms with E-state index in [4.69, 9.17) is 0 Å². The van der Waals surface area contributed by atoms with Gasteiger partial charge in [0.2, 0.25) is 0 Å². The van der Waals surface area contributed by atoms with Crippen molar-refractivity contribution in [3.05, 3.63) is 0 Å². The summed E-state index contributed by atoms with van der Waals surface area (Å²) in [6.45, 7) is 3.89. The summed E-state index contributed by atoms with van der Waals surface area (Å²) in [6.07, 6.45) is 3.37. The highest BCUT2D eigenvalue weighted by Crippen LogP contribution is 2.02. The molecule has 100 valence electrons. The van der Waals surface area contributed by atoms with Gasteiger partial charge in [0.15, 0.2) is 0 Å². The summed E-state index contributed by atoms with van der Waals surface area (Å²) in [5.41, 5.74) is 0. The van der Waals surface area contributed by atoms with Crippen LogP contribution in [0.25, 0.3) is 0 Å². The van der Waals surface area contributed by atoms with Crippen LogP contribution >= 0.6 is 11.8 Å². The van der Waals surface area contributed by atoms with Gasteiger partial charge in [-0.25, -0.2) is 9.59 Å². The molecule has 0 fully saturated rings. The molecule has 0 aromatic carbocycles. The monoisotopic (exact) mass is 262 g/mol. The van der Waals surface area contributed by atoms with Gasteiger partial charge in [0.05, 0.1) is 7.11 Å². The number of carbonyl (C=O) groups is 2. The lowest BCUT2D eigenvalue weighted by molar-refractivity contribution is -0.142. The Kier molecular flexibility index (Phi) is 8.66. The van der Waals surface area contributed by atoms with Gasteiger partial charge in [-0.2, -0.15) is 11.8 Å². The van der Waals surface area contributed by atoms with Gasteiger partial charge in [-0.15, -0.1) is 0 Å². The number of amides is 2. The molecule has 0 spiro atoms. The summed E-state index contributed by atoms with van der Waals surface area (Å²) in [4.78, 5) is 23.0. The maximum atomic E-state index is 11.6. The molecule has 0 aliphatic rings. The zero-order valence-electron chi connectivity index (χ0n) is 10.9. The number of hydrogen-bond acceptors (Lipinski definition) is 4. The van der Waals surface area contributed by atoms with E-state index in [0.717, 1.165) is 12.2 Å². The zero-order chi connectivity index (χ0) is 13.3. The van der Waals surface area contributed by atoms with Crippen molar-refractivity contribution in [1.82, 2.24) is 10.6 Å². The van der Waals surface area contributed by atoms with Gasteiger partial charge < -0.3 is 15.4 Å². The normalized spacial score (nSPS) is 13.6. The smallest absolute Gasteiger partial charge is 0.328 e. The fraction of sp³-hybridized carbons (Fsp3) is 0.818. The van der Waals surface area contributed by atoms with Gasteiger partial charge in [-0.3, -0.25) is 0 Å². The maximum Gasteiger partial charge on any atom is 0.328 e. The predicted molar refractivity (Wildman–Crippen MR) is 70.2 cm³/mol. The molecule has 0 aliphatic carbocycles. The lowest BCUT2D eigenvalue weighted by Crippen LogP contribution is -2.48. The standard InChI is InChI=1S/C11H22N2O3S/c1-5-8(2)12-11(15)13-9(6-7-17-4)10(14)16-3/h8-9H,5-7H2,1-4H3,(H2,12,13,15)/t8-,9+/m1/s1. The minimum absolute atomic E-state index is 0.0915. The SMILES string of the molecule is CC[C@@H](C)NC(=O)N[C@@H](CCSC)C(=O)OC. The first-order chi connectivity index (χ1) is 8.04. The van der Waals surface area contributed by atoms with Crippen molar-refractivity contribution in [1.29, 1.82) is 0 Å². The first-order valence-corrected chi connectivity index (χ1v) is 7.08. The molecule has 6 heteroatoms. The van der Waals surface area contributed by atoms with Crippen molar-refractivity contribution in [3.63, 3.8) is 0 Å². The van der Waals surface area contributed by atoms with Gasteiger partial charge >= 0.3 is 12.0 Å². The number of hydrogen-bond donors (Lipinski definition) is 2. The van der Waals surface area contributed by atoms with Crippen LogP contribution in [-0.4, -0.2) is 43.2 Å². The van der Waals surface area contributed by atoms with E-state index in [-0.39, 0.29) is 12.1 Å². The van der Waals surface area contributed by atoms with Crippen molar-refractivity contribution < 1.29 is 14.3 Å². The molecule has 17 heavy (non-hydrogen) atoms. The van der Waals surface area contributed by atoms with Crippen LogP contribution < -0.4 is 10.6 Å². The van der Waals surface area contributed by atoms with Crippen molar-refractivity contribution in [2.24, 2.45) is 0 Å². The lowest BCUT2D eigenvalue weighted by Gasteiger charge is -2.18. The van der Waals surface area contributed by atoms with E-state index in [1.54, 1.807) is 11.8 Å². The molecular formula is C11H22N2O3S. The minimum atomic E-state index is -0.573. The first kappa shape index (κ1) is 16.1. The molecule has 0 saturated heterocycles. The number of nitrogens with one attached hydrogen (secondary N) is 2. The van der Waals surface area contributed by atoms with Crippen LogP contribution in [0.5, 0.6) is 0 Å². The highest BCUT2D eigenvalue weighted by Gasteiger charge is 2.21. The Morgan fingerprint density at radius 3 is 2.47 bits per heavy atom. The molecule has 0 heterocycles. The third kappa shape index (κ3) is 7.10. The van der Waals surface area contributed by atoms with E-state index >= 15 is 0 Å². The van der Waals surface area contributed by atoms with Gasteiger partial charge in [0.25, 0.3) is 0 Å². The quantitative estimate of drug-likeness (QED) is 0.680. The molecular weight excluding hydrogens is 240 g/mol.